The van der Waals surface area contributed by atoms with Crippen molar-refractivity contribution >= 4 is 11.9 Å². The lowest BCUT2D eigenvalue weighted by Crippen LogP contribution is -2.10. The second kappa shape index (κ2) is 23.9. The minimum absolute atomic E-state index is 0.369. The fraction of sp³-hybridized carbons (Fsp3) is 0.442. The maximum atomic E-state index is 12.8. The summed E-state index contributed by atoms with van der Waals surface area (Å²) in [5.74, 6) is 1.30. The molecule has 0 aliphatic carbocycles. The molecule has 0 spiro atoms. The van der Waals surface area contributed by atoms with Crippen molar-refractivity contribution < 1.29 is 28.5 Å². The Kier molecular flexibility index (Phi) is 19.1. The van der Waals surface area contributed by atoms with Gasteiger partial charge in [0.25, 0.3) is 0 Å². The van der Waals surface area contributed by atoms with Crippen LogP contribution in [0.2, 0.25) is 0 Å². The molecule has 0 amide bonds. The Morgan fingerprint density at radius 3 is 1.33 bits per heavy atom. The quantitative estimate of drug-likeness (QED) is 0.0367. The molecule has 3 aromatic carbocycles. The largest absolute Gasteiger partial charge is 0.494 e. The van der Waals surface area contributed by atoms with Crippen LogP contribution in [0.15, 0.2) is 92.0 Å². The summed E-state index contributed by atoms with van der Waals surface area (Å²) in [6.07, 6.45) is 23.1. The number of allylic oxidation sites excluding steroid dienone is 2. The van der Waals surface area contributed by atoms with Crippen LogP contribution in [-0.4, -0.2) is 25.2 Å². The SMILES string of the molecule is C=CCCCCCCCCCOc1ccc(C(=O)Oc2ccc(OC(=O)c3ccc(OCCCCCCCCCC=C)cc3)c(C)c2)cc1. The van der Waals surface area contributed by atoms with E-state index in [1.165, 1.54) is 64.2 Å². The predicted molar refractivity (Wildman–Crippen MR) is 199 cm³/mol. The average Bonchev–Trinajstić information content (AvgIpc) is 3.11. The van der Waals surface area contributed by atoms with Crippen LogP contribution in [-0.2, 0) is 0 Å². The molecule has 0 fully saturated rings. The predicted octanol–water partition coefficient (Wildman–Crippen LogP) is 11.8. The van der Waals surface area contributed by atoms with Gasteiger partial charge in [-0.3, -0.25) is 0 Å². The number of benzene rings is 3. The molecule has 0 radical (unpaired) electrons. The first-order valence-corrected chi connectivity index (χ1v) is 18.2. The molecular formula is C43H56O6. The zero-order chi connectivity index (χ0) is 34.9. The van der Waals surface area contributed by atoms with Crippen molar-refractivity contribution in [1.82, 2.24) is 0 Å². The van der Waals surface area contributed by atoms with E-state index >= 15 is 0 Å². The summed E-state index contributed by atoms with van der Waals surface area (Å²) in [5, 5.41) is 0. The second-order valence-corrected chi connectivity index (χ2v) is 12.6. The van der Waals surface area contributed by atoms with Crippen LogP contribution in [0.3, 0.4) is 0 Å². The molecule has 6 nitrogen and oxygen atoms in total. The first-order chi connectivity index (χ1) is 24.0. The van der Waals surface area contributed by atoms with Gasteiger partial charge < -0.3 is 18.9 Å². The summed E-state index contributed by atoms with van der Waals surface area (Å²) in [6.45, 7) is 10.7. The van der Waals surface area contributed by atoms with Crippen molar-refractivity contribution in [2.75, 3.05) is 13.2 Å². The molecule has 3 rings (SSSR count). The first-order valence-electron chi connectivity index (χ1n) is 18.2. The van der Waals surface area contributed by atoms with Gasteiger partial charge in [-0.25, -0.2) is 9.59 Å². The molecule has 0 unspecified atom stereocenters. The van der Waals surface area contributed by atoms with E-state index < -0.39 is 11.9 Å². The summed E-state index contributed by atoms with van der Waals surface area (Å²) in [7, 11) is 0. The van der Waals surface area contributed by atoms with Gasteiger partial charge in [0, 0.05) is 0 Å². The summed E-state index contributed by atoms with van der Waals surface area (Å²) in [5.41, 5.74) is 1.53. The Bertz CT molecular complexity index is 1390. The van der Waals surface area contributed by atoms with Gasteiger partial charge in [0.15, 0.2) is 0 Å². The van der Waals surface area contributed by atoms with Crippen molar-refractivity contribution in [3.05, 3.63) is 109 Å². The summed E-state index contributed by atoms with van der Waals surface area (Å²) in [4.78, 5) is 25.6. The van der Waals surface area contributed by atoms with Gasteiger partial charge >= 0.3 is 11.9 Å². The molecule has 0 saturated heterocycles. The lowest BCUT2D eigenvalue weighted by atomic mass is 10.1. The van der Waals surface area contributed by atoms with E-state index in [0.717, 1.165) is 50.0 Å². The van der Waals surface area contributed by atoms with Crippen LogP contribution in [0.5, 0.6) is 23.0 Å². The van der Waals surface area contributed by atoms with Gasteiger partial charge in [0.05, 0.1) is 24.3 Å². The van der Waals surface area contributed by atoms with Crippen molar-refractivity contribution in [3.63, 3.8) is 0 Å². The molecule has 0 aliphatic heterocycles. The van der Waals surface area contributed by atoms with E-state index in [0.29, 0.717) is 41.4 Å². The van der Waals surface area contributed by atoms with Crippen LogP contribution in [0.25, 0.3) is 0 Å². The van der Waals surface area contributed by atoms with Crippen molar-refractivity contribution in [2.24, 2.45) is 0 Å². The zero-order valence-corrected chi connectivity index (χ0v) is 29.6. The molecule has 6 heteroatoms. The molecule has 0 aliphatic rings. The zero-order valence-electron chi connectivity index (χ0n) is 29.6. The van der Waals surface area contributed by atoms with Crippen molar-refractivity contribution in [3.8, 4) is 23.0 Å². The van der Waals surface area contributed by atoms with E-state index in [4.69, 9.17) is 18.9 Å². The third-order valence-electron chi connectivity index (χ3n) is 8.38. The summed E-state index contributed by atoms with van der Waals surface area (Å²) < 4.78 is 22.9. The van der Waals surface area contributed by atoms with Gasteiger partial charge in [-0.05, 0) is 118 Å². The first kappa shape index (κ1) is 39.1. The lowest BCUT2D eigenvalue weighted by molar-refractivity contribution is 0.0718. The van der Waals surface area contributed by atoms with E-state index in [-0.39, 0.29) is 0 Å². The Hall–Kier alpha value is -4.32. The molecule has 49 heavy (non-hydrogen) atoms. The van der Waals surface area contributed by atoms with Gasteiger partial charge in [-0.1, -0.05) is 76.4 Å². The number of ether oxygens (including phenoxy) is 4. The van der Waals surface area contributed by atoms with Gasteiger partial charge in [0.1, 0.15) is 23.0 Å². The molecular weight excluding hydrogens is 612 g/mol. The Morgan fingerprint density at radius 2 is 0.898 bits per heavy atom. The highest BCUT2D eigenvalue weighted by Gasteiger charge is 2.14. The molecule has 0 aromatic heterocycles. The van der Waals surface area contributed by atoms with Crippen LogP contribution in [0.1, 0.15) is 129 Å². The highest BCUT2D eigenvalue weighted by Crippen LogP contribution is 2.26. The van der Waals surface area contributed by atoms with Crippen molar-refractivity contribution in [2.45, 2.75) is 110 Å². The van der Waals surface area contributed by atoms with E-state index in [1.807, 2.05) is 12.2 Å². The molecule has 0 atom stereocenters. The average molecular weight is 669 g/mol. The van der Waals surface area contributed by atoms with Gasteiger partial charge in [-0.2, -0.15) is 0 Å². The third kappa shape index (κ3) is 16.1. The summed E-state index contributed by atoms with van der Waals surface area (Å²) in [6, 6.07) is 18.9. The lowest BCUT2D eigenvalue weighted by Gasteiger charge is -2.11. The number of unbranched alkanes of at least 4 members (excludes halogenated alkanes) is 14. The Labute approximate surface area is 294 Å². The standard InChI is InChI=1S/C43H56O6/c1-4-6-8-10-12-14-16-18-20-32-46-38-26-22-36(23-27-38)42(44)48-40-30-31-41(35(3)34-40)49-43(45)37-24-28-39(29-25-37)47-33-21-19-17-15-13-11-9-7-5-2/h4-5,22-31,34H,1-2,6-21,32-33H2,3H3. The van der Waals surface area contributed by atoms with Crippen LogP contribution in [0.4, 0.5) is 0 Å². The van der Waals surface area contributed by atoms with Gasteiger partial charge in [-0.15, -0.1) is 13.2 Å². The highest BCUT2D eigenvalue weighted by molar-refractivity contribution is 5.92. The minimum Gasteiger partial charge on any atom is -0.494 e. The maximum absolute atomic E-state index is 12.8. The molecule has 0 bridgehead atoms. The Morgan fingerprint density at radius 1 is 0.510 bits per heavy atom. The molecule has 0 saturated carbocycles. The van der Waals surface area contributed by atoms with Crippen LogP contribution < -0.4 is 18.9 Å². The number of rotatable bonds is 26. The molecule has 0 N–H and O–H groups in total. The third-order valence-corrected chi connectivity index (χ3v) is 8.38. The number of carbonyl (C=O) groups is 2. The number of hydrogen-bond donors (Lipinski definition) is 0. The topological polar surface area (TPSA) is 71.1 Å². The molecule has 0 heterocycles. The molecule has 264 valence electrons. The van der Waals surface area contributed by atoms with Crippen molar-refractivity contribution in [1.29, 1.82) is 0 Å². The second-order valence-electron chi connectivity index (χ2n) is 12.6. The maximum Gasteiger partial charge on any atom is 0.343 e. The fourth-order valence-electron chi connectivity index (χ4n) is 5.43. The van der Waals surface area contributed by atoms with Gasteiger partial charge in [0.2, 0.25) is 0 Å². The Balaban J connectivity index is 1.33. The van der Waals surface area contributed by atoms with Crippen LogP contribution in [0, 0.1) is 6.92 Å². The minimum atomic E-state index is -0.471. The number of carbonyl (C=O) groups excluding carboxylic acids is 2. The fourth-order valence-corrected chi connectivity index (χ4v) is 5.43. The van der Waals surface area contributed by atoms with E-state index in [1.54, 1.807) is 73.7 Å². The van der Waals surface area contributed by atoms with E-state index in [9.17, 15) is 9.59 Å². The van der Waals surface area contributed by atoms with Crippen LogP contribution >= 0.6 is 0 Å². The highest BCUT2D eigenvalue weighted by atomic mass is 16.5. The monoisotopic (exact) mass is 668 g/mol. The van der Waals surface area contributed by atoms with E-state index in [2.05, 4.69) is 13.2 Å². The number of aryl methyl sites for hydroxylation is 1. The normalized spacial score (nSPS) is 10.7. The number of esters is 2. The summed E-state index contributed by atoms with van der Waals surface area (Å²) >= 11 is 0. The molecule has 3 aromatic rings. The smallest absolute Gasteiger partial charge is 0.343 e. The number of hydrogen-bond acceptors (Lipinski definition) is 6.